The molecular weight excluding hydrogens is 290 g/mol. The number of nitrogens with zero attached hydrogens (tertiary/aromatic N) is 2. The summed E-state index contributed by atoms with van der Waals surface area (Å²) >= 11 is 3.72. The van der Waals surface area contributed by atoms with Crippen LogP contribution in [0.1, 0.15) is 44.5 Å². The van der Waals surface area contributed by atoms with E-state index in [0.717, 1.165) is 25.3 Å². The molecule has 1 saturated carbocycles. The molecule has 1 aliphatic rings. The first kappa shape index (κ1) is 14.1. The predicted octanol–water partition coefficient (Wildman–Crippen LogP) is 3.16. The van der Waals surface area contributed by atoms with Gasteiger partial charge in [0, 0.05) is 12.6 Å². The zero-order chi connectivity index (χ0) is 13.1. The fourth-order valence-electron chi connectivity index (χ4n) is 2.66. The summed E-state index contributed by atoms with van der Waals surface area (Å²) in [4.78, 5) is 0. The van der Waals surface area contributed by atoms with E-state index in [4.69, 9.17) is 0 Å². The van der Waals surface area contributed by atoms with Gasteiger partial charge >= 0.3 is 0 Å². The van der Waals surface area contributed by atoms with Crippen molar-refractivity contribution in [2.45, 2.75) is 58.5 Å². The van der Waals surface area contributed by atoms with Crippen LogP contribution in [0.5, 0.6) is 0 Å². The SMILES string of the molecule is CCc1nn(CC)c(CCC(NC)C2CC2)c1Br. The Morgan fingerprint density at radius 2 is 2.17 bits per heavy atom. The third kappa shape index (κ3) is 2.97. The molecule has 4 heteroatoms. The predicted molar refractivity (Wildman–Crippen MR) is 78.9 cm³/mol. The van der Waals surface area contributed by atoms with Crippen molar-refractivity contribution < 1.29 is 0 Å². The Morgan fingerprint density at radius 3 is 2.67 bits per heavy atom. The molecule has 0 amide bonds. The normalized spacial score (nSPS) is 17.1. The first-order valence-corrected chi connectivity index (χ1v) is 7.91. The number of rotatable bonds is 7. The number of aryl methyl sites for hydroxylation is 2. The van der Waals surface area contributed by atoms with Crippen molar-refractivity contribution in [3.63, 3.8) is 0 Å². The average molecular weight is 314 g/mol. The lowest BCUT2D eigenvalue weighted by molar-refractivity contribution is 0.460. The summed E-state index contributed by atoms with van der Waals surface area (Å²) in [6.07, 6.45) is 6.14. The quantitative estimate of drug-likeness (QED) is 0.838. The first-order chi connectivity index (χ1) is 8.71. The summed E-state index contributed by atoms with van der Waals surface area (Å²) in [7, 11) is 2.09. The highest BCUT2D eigenvalue weighted by Gasteiger charge is 2.30. The second-order valence-corrected chi connectivity index (χ2v) is 5.94. The van der Waals surface area contributed by atoms with Gasteiger partial charge in [0.15, 0.2) is 0 Å². The fraction of sp³-hybridized carbons (Fsp3) is 0.786. The molecule has 1 aromatic rings. The van der Waals surface area contributed by atoms with Crippen LogP contribution in [-0.2, 0) is 19.4 Å². The van der Waals surface area contributed by atoms with Gasteiger partial charge in [-0.15, -0.1) is 0 Å². The highest BCUT2D eigenvalue weighted by molar-refractivity contribution is 9.10. The molecule has 1 unspecified atom stereocenters. The topological polar surface area (TPSA) is 29.9 Å². The molecule has 1 aromatic heterocycles. The molecule has 2 rings (SSSR count). The largest absolute Gasteiger partial charge is 0.317 e. The van der Waals surface area contributed by atoms with Crippen molar-refractivity contribution in [2.24, 2.45) is 5.92 Å². The van der Waals surface area contributed by atoms with Gasteiger partial charge in [-0.25, -0.2) is 0 Å². The molecule has 0 spiro atoms. The van der Waals surface area contributed by atoms with Gasteiger partial charge in [-0.2, -0.15) is 5.10 Å². The third-order valence-corrected chi connectivity index (χ3v) is 4.86. The molecular formula is C14H24BrN3. The minimum absolute atomic E-state index is 0.683. The molecule has 0 saturated heterocycles. The third-order valence-electron chi connectivity index (χ3n) is 3.95. The Labute approximate surface area is 118 Å². The van der Waals surface area contributed by atoms with Gasteiger partial charge in [0.05, 0.1) is 15.9 Å². The summed E-state index contributed by atoms with van der Waals surface area (Å²) in [6.45, 7) is 5.29. The Balaban J connectivity index is 2.05. The highest BCUT2D eigenvalue weighted by atomic mass is 79.9. The number of nitrogens with one attached hydrogen (secondary N) is 1. The van der Waals surface area contributed by atoms with Crippen LogP contribution in [0.3, 0.4) is 0 Å². The molecule has 18 heavy (non-hydrogen) atoms. The maximum absolute atomic E-state index is 4.66. The molecule has 1 fully saturated rings. The lowest BCUT2D eigenvalue weighted by atomic mass is 10.1. The van der Waals surface area contributed by atoms with Crippen LogP contribution in [-0.4, -0.2) is 22.9 Å². The molecule has 0 aromatic carbocycles. The van der Waals surface area contributed by atoms with Crippen LogP contribution in [0.2, 0.25) is 0 Å². The Hall–Kier alpha value is -0.350. The zero-order valence-electron chi connectivity index (χ0n) is 11.7. The second kappa shape index (κ2) is 6.20. The lowest BCUT2D eigenvalue weighted by Crippen LogP contribution is -2.28. The van der Waals surface area contributed by atoms with E-state index in [1.165, 1.54) is 35.1 Å². The molecule has 1 N–H and O–H groups in total. The van der Waals surface area contributed by atoms with Gasteiger partial charge in [0.25, 0.3) is 0 Å². The van der Waals surface area contributed by atoms with E-state index in [-0.39, 0.29) is 0 Å². The maximum atomic E-state index is 4.66. The number of hydrogen-bond donors (Lipinski definition) is 1. The van der Waals surface area contributed by atoms with E-state index < -0.39 is 0 Å². The van der Waals surface area contributed by atoms with Crippen molar-refractivity contribution in [3.8, 4) is 0 Å². The summed E-state index contributed by atoms with van der Waals surface area (Å²) in [5.41, 5.74) is 2.56. The van der Waals surface area contributed by atoms with Crippen molar-refractivity contribution in [3.05, 3.63) is 15.9 Å². The van der Waals surface area contributed by atoms with Crippen molar-refractivity contribution >= 4 is 15.9 Å². The van der Waals surface area contributed by atoms with E-state index >= 15 is 0 Å². The van der Waals surface area contributed by atoms with Crippen LogP contribution in [0.4, 0.5) is 0 Å². The summed E-state index contributed by atoms with van der Waals surface area (Å²) < 4.78 is 3.39. The van der Waals surface area contributed by atoms with Gasteiger partial charge < -0.3 is 5.32 Å². The van der Waals surface area contributed by atoms with Gasteiger partial charge in [0.1, 0.15) is 0 Å². The van der Waals surface area contributed by atoms with Crippen LogP contribution in [0.25, 0.3) is 0 Å². The van der Waals surface area contributed by atoms with Gasteiger partial charge in [-0.3, -0.25) is 4.68 Å². The van der Waals surface area contributed by atoms with E-state index in [9.17, 15) is 0 Å². The van der Waals surface area contributed by atoms with E-state index in [2.05, 4.69) is 51.9 Å². The summed E-state index contributed by atoms with van der Waals surface area (Å²) in [6, 6.07) is 0.683. The van der Waals surface area contributed by atoms with Crippen molar-refractivity contribution in [1.82, 2.24) is 15.1 Å². The number of aromatic nitrogens is 2. The van der Waals surface area contributed by atoms with Crippen LogP contribution in [0.15, 0.2) is 4.47 Å². The smallest absolute Gasteiger partial charge is 0.0766 e. The molecule has 102 valence electrons. The standard InChI is InChI=1S/C14H24BrN3/c1-4-11-14(15)13(18(5-2)17-11)9-8-12(16-3)10-6-7-10/h10,12,16H,4-9H2,1-3H3. The van der Waals surface area contributed by atoms with Crippen molar-refractivity contribution in [1.29, 1.82) is 0 Å². The van der Waals surface area contributed by atoms with Gasteiger partial charge in [0.2, 0.25) is 0 Å². The molecule has 0 aliphatic heterocycles. The monoisotopic (exact) mass is 313 g/mol. The van der Waals surface area contributed by atoms with Crippen LogP contribution < -0.4 is 5.32 Å². The van der Waals surface area contributed by atoms with Crippen LogP contribution in [0, 0.1) is 5.92 Å². The molecule has 3 nitrogen and oxygen atoms in total. The van der Waals surface area contributed by atoms with E-state index in [1.807, 2.05) is 0 Å². The zero-order valence-corrected chi connectivity index (χ0v) is 13.3. The number of halogens is 1. The Bertz CT molecular complexity index is 396. The summed E-state index contributed by atoms with van der Waals surface area (Å²) in [5.74, 6) is 0.914. The molecule has 1 atom stereocenters. The minimum atomic E-state index is 0.683. The molecule has 0 bridgehead atoms. The van der Waals surface area contributed by atoms with Crippen LogP contribution >= 0.6 is 15.9 Å². The minimum Gasteiger partial charge on any atom is -0.317 e. The first-order valence-electron chi connectivity index (χ1n) is 7.12. The second-order valence-electron chi connectivity index (χ2n) is 5.15. The summed E-state index contributed by atoms with van der Waals surface area (Å²) in [5, 5.41) is 8.13. The van der Waals surface area contributed by atoms with Crippen molar-refractivity contribution in [2.75, 3.05) is 7.05 Å². The van der Waals surface area contributed by atoms with Gasteiger partial charge in [-0.05, 0) is 67.9 Å². The number of hydrogen-bond acceptors (Lipinski definition) is 2. The Kier molecular flexibility index (Phi) is 4.84. The molecule has 1 heterocycles. The van der Waals surface area contributed by atoms with Gasteiger partial charge in [-0.1, -0.05) is 6.92 Å². The van der Waals surface area contributed by atoms with E-state index in [0.29, 0.717) is 6.04 Å². The maximum Gasteiger partial charge on any atom is 0.0766 e. The Morgan fingerprint density at radius 1 is 1.44 bits per heavy atom. The van der Waals surface area contributed by atoms with E-state index in [1.54, 1.807) is 0 Å². The highest BCUT2D eigenvalue weighted by Crippen LogP contribution is 2.35. The lowest BCUT2D eigenvalue weighted by Gasteiger charge is -2.15. The average Bonchev–Trinajstić information content (AvgIpc) is 3.17. The molecule has 0 radical (unpaired) electrons. The fourth-order valence-corrected chi connectivity index (χ4v) is 3.43. The molecule has 1 aliphatic carbocycles.